The van der Waals surface area contributed by atoms with Crippen molar-refractivity contribution in [1.29, 1.82) is 0 Å². The van der Waals surface area contributed by atoms with Gasteiger partial charge in [0.15, 0.2) is 0 Å². The summed E-state index contributed by atoms with van der Waals surface area (Å²) in [6.07, 6.45) is 11.5. The van der Waals surface area contributed by atoms with E-state index in [2.05, 4.69) is 83.8 Å². The zero-order valence-corrected chi connectivity index (χ0v) is 28.5. The van der Waals surface area contributed by atoms with Crippen LogP contribution in [0.15, 0.2) is 80.2 Å². The lowest BCUT2D eigenvalue weighted by atomic mass is 9.98. The Hall–Kier alpha value is -0.950. The van der Waals surface area contributed by atoms with E-state index in [1.54, 1.807) is 9.79 Å². The average Bonchev–Trinajstić information content (AvgIpc) is 3.65. The molecule has 2 fully saturated rings. The molecule has 2 aromatic carbocycles. The summed E-state index contributed by atoms with van der Waals surface area (Å²) in [6.45, 7) is 8.53. The van der Waals surface area contributed by atoms with Gasteiger partial charge in [-0.15, -0.1) is 41.9 Å². The van der Waals surface area contributed by atoms with Crippen LogP contribution in [-0.4, -0.2) is 0 Å². The highest BCUT2D eigenvalue weighted by atomic mass is 32.3. The fourth-order valence-electron chi connectivity index (χ4n) is 5.64. The van der Waals surface area contributed by atoms with Crippen molar-refractivity contribution in [2.24, 2.45) is 0 Å². The Morgan fingerprint density at radius 3 is 1.50 bits per heavy atom. The Bertz CT molecular complexity index is 1270. The van der Waals surface area contributed by atoms with Gasteiger partial charge in [0, 0.05) is 29.3 Å². The Balaban J connectivity index is 0.000000434. The minimum atomic E-state index is -1.44. The first-order valence-corrected chi connectivity index (χ1v) is 17.9. The molecule has 0 radical (unpaired) electrons. The van der Waals surface area contributed by atoms with Gasteiger partial charge in [-0.25, -0.2) is 0 Å². The molecule has 0 amide bonds. The maximum Gasteiger partial charge on any atom is 0.0587 e. The van der Waals surface area contributed by atoms with Gasteiger partial charge >= 0.3 is 0 Å². The van der Waals surface area contributed by atoms with E-state index in [9.17, 15) is 0 Å². The van der Waals surface area contributed by atoms with Crippen LogP contribution in [0.1, 0.15) is 86.4 Å². The molecular formula is C33H44P2S3. The predicted octanol–water partition coefficient (Wildman–Crippen LogP) is 11.6. The van der Waals surface area contributed by atoms with Crippen molar-refractivity contribution >= 4 is 57.1 Å². The van der Waals surface area contributed by atoms with Crippen LogP contribution in [-0.2, 0) is 0 Å². The van der Waals surface area contributed by atoms with E-state index in [1.807, 2.05) is 36.5 Å². The largest absolute Gasteiger partial charge is 0.153 e. The molecule has 2 atom stereocenters. The number of hydrogen-bond donors (Lipinski definition) is 0. The summed E-state index contributed by atoms with van der Waals surface area (Å²) in [4.78, 5) is 11.9. The lowest BCUT2D eigenvalue weighted by Gasteiger charge is -2.38. The third-order valence-corrected chi connectivity index (χ3v) is 14.6. The Labute approximate surface area is 246 Å². The SMILES string of the molecule is C1CCC1.CC.Cc1cc2c(s1)-c1sc(C)cc1S2(c1ccc(P)cc1)c1ccc(C2CCCC2)cc1.P. The van der Waals surface area contributed by atoms with Crippen molar-refractivity contribution < 1.29 is 0 Å². The zero-order valence-electron chi connectivity index (χ0n) is 23.5. The van der Waals surface area contributed by atoms with Crippen molar-refractivity contribution in [3.8, 4) is 9.75 Å². The van der Waals surface area contributed by atoms with Gasteiger partial charge in [-0.1, -0.05) is 76.6 Å². The fraction of sp³-hybridized carbons (Fsp3) is 0.394. The van der Waals surface area contributed by atoms with E-state index in [-0.39, 0.29) is 9.90 Å². The summed E-state index contributed by atoms with van der Waals surface area (Å²) in [7, 11) is 1.40. The highest BCUT2D eigenvalue weighted by Gasteiger charge is 2.44. The minimum absolute atomic E-state index is 0. The van der Waals surface area contributed by atoms with Gasteiger partial charge < -0.3 is 0 Å². The summed E-state index contributed by atoms with van der Waals surface area (Å²) >= 11 is 3.96. The molecule has 3 aliphatic rings. The number of aryl methyl sites for hydroxylation is 2. The Morgan fingerprint density at radius 2 is 1.08 bits per heavy atom. The topological polar surface area (TPSA) is 0 Å². The minimum Gasteiger partial charge on any atom is -0.153 e. The van der Waals surface area contributed by atoms with E-state index >= 15 is 0 Å². The van der Waals surface area contributed by atoms with E-state index < -0.39 is 10.0 Å². The van der Waals surface area contributed by atoms with E-state index in [0.29, 0.717) is 0 Å². The molecule has 0 bridgehead atoms. The predicted molar refractivity (Wildman–Crippen MR) is 182 cm³/mol. The van der Waals surface area contributed by atoms with Crippen LogP contribution in [0.2, 0.25) is 0 Å². The van der Waals surface area contributed by atoms with Gasteiger partial charge in [-0.2, -0.15) is 9.90 Å². The fourth-order valence-corrected chi connectivity index (χ4v) is 13.2. The molecule has 204 valence electrons. The lowest BCUT2D eigenvalue weighted by molar-refractivity contribution is 0.504. The van der Waals surface area contributed by atoms with Gasteiger partial charge in [-0.05, 0) is 79.9 Å². The van der Waals surface area contributed by atoms with Crippen molar-refractivity contribution in [3.05, 3.63) is 76.0 Å². The normalized spacial score (nSPS) is 17.5. The third-order valence-electron chi connectivity index (χ3n) is 7.80. The molecule has 2 saturated carbocycles. The molecule has 2 unspecified atom stereocenters. The first-order chi connectivity index (χ1) is 18.1. The maximum absolute atomic E-state index is 2.84. The lowest BCUT2D eigenvalue weighted by Crippen LogP contribution is -2.03. The smallest absolute Gasteiger partial charge is 0.0587 e. The number of hydrogen-bond acceptors (Lipinski definition) is 2. The molecule has 0 spiro atoms. The molecule has 0 saturated heterocycles. The molecular weight excluding hydrogens is 555 g/mol. The molecule has 1 aliphatic heterocycles. The van der Waals surface area contributed by atoms with E-state index in [1.165, 1.54) is 91.5 Å². The molecule has 3 heterocycles. The van der Waals surface area contributed by atoms with Crippen LogP contribution in [0, 0.1) is 13.8 Å². The van der Waals surface area contributed by atoms with Crippen LogP contribution >= 0.6 is 51.8 Å². The van der Waals surface area contributed by atoms with Gasteiger partial charge in [-0.3, -0.25) is 0 Å². The molecule has 0 nitrogen and oxygen atoms in total. The summed E-state index contributed by atoms with van der Waals surface area (Å²) in [5.74, 6) is 0.762. The van der Waals surface area contributed by atoms with Crippen molar-refractivity contribution in [2.75, 3.05) is 0 Å². The van der Waals surface area contributed by atoms with Crippen molar-refractivity contribution in [1.82, 2.24) is 0 Å². The Kier molecular flexibility index (Phi) is 10.4. The molecule has 0 N–H and O–H groups in total. The number of thiophene rings is 2. The van der Waals surface area contributed by atoms with Gasteiger partial charge in [0.25, 0.3) is 0 Å². The number of benzene rings is 2. The van der Waals surface area contributed by atoms with E-state index in [4.69, 9.17) is 0 Å². The Morgan fingerprint density at radius 1 is 0.658 bits per heavy atom. The van der Waals surface area contributed by atoms with Crippen molar-refractivity contribution in [2.45, 2.75) is 105 Å². The monoisotopic (exact) mass is 598 g/mol. The highest BCUT2D eigenvalue weighted by Crippen LogP contribution is 2.82. The molecule has 2 aliphatic carbocycles. The van der Waals surface area contributed by atoms with Crippen LogP contribution in [0.25, 0.3) is 9.75 Å². The highest BCUT2D eigenvalue weighted by molar-refractivity contribution is 8.34. The number of fused-ring (bicyclic) bond motifs is 3. The molecule has 7 rings (SSSR count). The van der Waals surface area contributed by atoms with Crippen LogP contribution in [0.4, 0.5) is 0 Å². The van der Waals surface area contributed by atoms with Crippen LogP contribution in [0.3, 0.4) is 0 Å². The second kappa shape index (κ2) is 13.1. The van der Waals surface area contributed by atoms with E-state index in [0.717, 1.165) is 5.92 Å². The second-order valence-corrected chi connectivity index (χ2v) is 16.5. The van der Waals surface area contributed by atoms with Gasteiger partial charge in [0.1, 0.15) is 0 Å². The molecule has 2 aromatic heterocycles. The summed E-state index contributed by atoms with van der Waals surface area (Å²) in [5.41, 5.74) is 1.54. The quantitative estimate of drug-likeness (QED) is 0.181. The zero-order chi connectivity index (χ0) is 26.0. The van der Waals surface area contributed by atoms with Gasteiger partial charge in [0.2, 0.25) is 0 Å². The standard InChI is InChI=1S/C27H27PS3.C4H8.C2H6.H3P/c1-17-15-24-26(29-17)27-25(16-18(2)30-27)31(24,23-13-9-21(28)10-14-23)22-11-7-20(8-12-22)19-5-3-4-6-19;1-2-4-3-1;1-2;/h7-16,19H,3-6,28H2,1-2H3;1-4H2;1-2H3;1H3. The van der Waals surface area contributed by atoms with Crippen LogP contribution < -0.4 is 5.30 Å². The first-order valence-electron chi connectivity index (χ1n) is 14.1. The molecule has 5 heteroatoms. The molecule has 38 heavy (non-hydrogen) atoms. The maximum atomic E-state index is 2.84. The third kappa shape index (κ3) is 5.49. The second-order valence-electron chi connectivity index (χ2n) is 10.2. The summed E-state index contributed by atoms with van der Waals surface area (Å²) < 4.78 is 0. The first kappa shape index (κ1) is 30.0. The number of rotatable bonds is 3. The van der Waals surface area contributed by atoms with Crippen molar-refractivity contribution in [3.63, 3.8) is 0 Å². The average molecular weight is 599 g/mol. The van der Waals surface area contributed by atoms with Crippen LogP contribution in [0.5, 0.6) is 0 Å². The summed E-state index contributed by atoms with van der Waals surface area (Å²) in [5, 5.41) is 1.25. The summed E-state index contributed by atoms with van der Waals surface area (Å²) in [6, 6.07) is 24.1. The van der Waals surface area contributed by atoms with Gasteiger partial charge in [0.05, 0.1) is 9.75 Å². The molecule has 4 aromatic rings.